The molecule has 5 atom stereocenters. The largest absolute Gasteiger partial charge is 0.381 e. The van der Waals surface area contributed by atoms with Gasteiger partial charge >= 0.3 is 6.03 Å². The average molecular weight is 537 g/mol. The van der Waals surface area contributed by atoms with Crippen LogP contribution in [-0.4, -0.2) is 83.2 Å². The van der Waals surface area contributed by atoms with Crippen molar-refractivity contribution < 1.29 is 14.3 Å². The summed E-state index contributed by atoms with van der Waals surface area (Å²) in [5.41, 5.74) is 1.52. The Hall–Kier alpha value is -2.12. The molecule has 3 amide bonds. The monoisotopic (exact) mass is 536 g/mol. The summed E-state index contributed by atoms with van der Waals surface area (Å²) in [5, 5.41) is 3.33. The molecule has 2 saturated carbocycles. The lowest BCUT2D eigenvalue weighted by atomic mass is 9.53. The van der Waals surface area contributed by atoms with Gasteiger partial charge in [0.15, 0.2) is 0 Å². The van der Waals surface area contributed by atoms with E-state index >= 15 is 0 Å². The number of piperidine rings is 1. The minimum absolute atomic E-state index is 0.0276. The van der Waals surface area contributed by atoms with Crippen LogP contribution in [-0.2, 0) is 9.53 Å². The van der Waals surface area contributed by atoms with E-state index in [-0.39, 0.29) is 35.5 Å². The maximum absolute atomic E-state index is 13.8. The number of hydrogen-bond donors (Lipinski definition) is 1. The van der Waals surface area contributed by atoms with E-state index < -0.39 is 0 Å². The number of benzene rings is 1. The van der Waals surface area contributed by atoms with Gasteiger partial charge in [0, 0.05) is 62.3 Å². The lowest BCUT2D eigenvalue weighted by Crippen LogP contribution is -2.74. The standard InChI is InChI=1S/C32H48N4O3/c1-22(2)29(37)33-26(25-8-6-5-7-9-25)11-15-35-27-10-14-32(27)20-31(18-28(32)35)21-34(30(38)36(31)23(3)4)19-24-12-16-39-17-13-24/h5-9,22-24,26-28H,10-21H2,1-4H3,(H,33,37)/t26-,27?,28?,31?,32?/m0/s1. The van der Waals surface area contributed by atoms with Crippen LogP contribution in [0.5, 0.6) is 0 Å². The van der Waals surface area contributed by atoms with Crippen LogP contribution in [0.1, 0.15) is 84.2 Å². The van der Waals surface area contributed by atoms with Gasteiger partial charge in [-0.2, -0.15) is 0 Å². The number of nitrogens with zero attached hydrogens (tertiary/aromatic N) is 3. The SMILES string of the molecule is CC(C)C(=O)N[C@@H](CCN1C2CCC23CC2(CC13)CN(CC1CCOCC1)C(=O)N2C(C)C)c1ccccc1. The van der Waals surface area contributed by atoms with E-state index in [0.29, 0.717) is 23.4 Å². The number of nitrogens with one attached hydrogen (secondary N) is 1. The molecule has 0 radical (unpaired) electrons. The molecule has 0 aromatic heterocycles. The number of ether oxygens (including phenoxy) is 1. The molecule has 5 aliphatic rings. The second-order valence-electron chi connectivity index (χ2n) is 13.7. The molecule has 2 spiro atoms. The third-order valence-corrected chi connectivity index (χ3v) is 10.8. The van der Waals surface area contributed by atoms with E-state index in [0.717, 1.165) is 65.0 Å². The van der Waals surface area contributed by atoms with Crippen LogP contribution in [0.4, 0.5) is 4.79 Å². The molecule has 6 rings (SSSR count). The first-order valence-electron chi connectivity index (χ1n) is 15.5. The fourth-order valence-electron chi connectivity index (χ4n) is 8.93. The van der Waals surface area contributed by atoms with Crippen LogP contribution in [0.15, 0.2) is 30.3 Å². The van der Waals surface area contributed by atoms with Gasteiger partial charge in [-0.15, -0.1) is 0 Å². The fourth-order valence-corrected chi connectivity index (χ4v) is 8.93. The van der Waals surface area contributed by atoms with Crippen LogP contribution in [0.25, 0.3) is 0 Å². The summed E-state index contributed by atoms with van der Waals surface area (Å²) in [7, 11) is 0. The van der Waals surface area contributed by atoms with E-state index in [1.807, 2.05) is 19.9 Å². The average Bonchev–Trinajstić information content (AvgIpc) is 3.38. The summed E-state index contributed by atoms with van der Waals surface area (Å²) in [4.78, 5) is 33.7. The van der Waals surface area contributed by atoms with Gasteiger partial charge in [-0.1, -0.05) is 44.2 Å². The molecule has 3 aliphatic heterocycles. The predicted molar refractivity (Wildman–Crippen MR) is 152 cm³/mol. The van der Waals surface area contributed by atoms with Gasteiger partial charge in [-0.05, 0) is 70.3 Å². The van der Waals surface area contributed by atoms with Crippen LogP contribution < -0.4 is 5.32 Å². The summed E-state index contributed by atoms with van der Waals surface area (Å²) in [6.45, 7) is 12.7. The van der Waals surface area contributed by atoms with Crippen LogP contribution in [0.3, 0.4) is 0 Å². The van der Waals surface area contributed by atoms with Crippen LogP contribution in [0.2, 0.25) is 0 Å². The Morgan fingerprint density at radius 2 is 1.82 bits per heavy atom. The molecule has 7 heteroatoms. The Bertz CT molecular complexity index is 1060. The second kappa shape index (κ2) is 10.4. The highest BCUT2D eigenvalue weighted by Gasteiger charge is 2.74. The second-order valence-corrected chi connectivity index (χ2v) is 13.7. The first-order valence-corrected chi connectivity index (χ1v) is 15.5. The molecule has 7 nitrogen and oxygen atoms in total. The number of amides is 3. The fraction of sp³-hybridized carbons (Fsp3) is 0.750. The Kier molecular flexibility index (Phi) is 7.20. The zero-order chi connectivity index (χ0) is 27.4. The van der Waals surface area contributed by atoms with Gasteiger partial charge in [0.25, 0.3) is 0 Å². The van der Waals surface area contributed by atoms with Crippen molar-refractivity contribution in [3.05, 3.63) is 35.9 Å². The minimum Gasteiger partial charge on any atom is -0.381 e. The summed E-state index contributed by atoms with van der Waals surface area (Å²) in [6, 6.07) is 12.1. The van der Waals surface area contributed by atoms with Gasteiger partial charge in [0.05, 0.1) is 11.6 Å². The van der Waals surface area contributed by atoms with E-state index in [2.05, 4.69) is 58.1 Å². The lowest BCUT2D eigenvalue weighted by molar-refractivity contribution is -0.189. The van der Waals surface area contributed by atoms with Crippen LogP contribution >= 0.6 is 0 Å². The number of likely N-dealkylation sites (tertiary alicyclic amines) is 1. The molecule has 3 heterocycles. The van der Waals surface area contributed by atoms with E-state index in [9.17, 15) is 9.59 Å². The number of rotatable bonds is 9. The summed E-state index contributed by atoms with van der Waals surface area (Å²) in [6.07, 6.45) is 7.86. The van der Waals surface area contributed by atoms with Gasteiger partial charge in [-0.3, -0.25) is 9.69 Å². The Morgan fingerprint density at radius 1 is 1.08 bits per heavy atom. The van der Waals surface area contributed by atoms with Gasteiger partial charge < -0.3 is 19.9 Å². The maximum atomic E-state index is 13.8. The molecule has 214 valence electrons. The highest BCUT2D eigenvalue weighted by atomic mass is 16.5. The molecule has 1 aromatic rings. The lowest BCUT2D eigenvalue weighted by Gasteiger charge is -2.68. The molecule has 4 unspecified atom stereocenters. The normalized spacial score (nSPS) is 33.3. The number of carbonyl (C=O) groups is 2. The highest BCUT2D eigenvalue weighted by molar-refractivity contribution is 5.79. The van der Waals surface area contributed by atoms with Crippen molar-refractivity contribution in [2.75, 3.05) is 32.8 Å². The van der Waals surface area contributed by atoms with Crippen molar-refractivity contribution in [2.45, 2.75) is 102 Å². The van der Waals surface area contributed by atoms with Crippen molar-refractivity contribution >= 4 is 11.9 Å². The number of urea groups is 1. The molecule has 2 aliphatic carbocycles. The zero-order valence-corrected chi connectivity index (χ0v) is 24.4. The topological polar surface area (TPSA) is 65.1 Å². The molecule has 39 heavy (non-hydrogen) atoms. The third kappa shape index (κ3) is 4.57. The number of hydrogen-bond acceptors (Lipinski definition) is 4. The molecule has 1 aromatic carbocycles. The van der Waals surface area contributed by atoms with Gasteiger partial charge in [0.1, 0.15) is 0 Å². The van der Waals surface area contributed by atoms with E-state index in [1.54, 1.807) is 0 Å². The van der Waals surface area contributed by atoms with Crippen molar-refractivity contribution in [2.24, 2.45) is 17.3 Å². The molecular formula is C32H48N4O3. The van der Waals surface area contributed by atoms with Gasteiger partial charge in [-0.25, -0.2) is 4.79 Å². The van der Waals surface area contributed by atoms with Crippen molar-refractivity contribution in [1.29, 1.82) is 0 Å². The zero-order valence-electron chi connectivity index (χ0n) is 24.4. The Labute approximate surface area is 234 Å². The minimum atomic E-state index is -0.0425. The molecule has 1 N–H and O–H groups in total. The Morgan fingerprint density at radius 3 is 2.46 bits per heavy atom. The summed E-state index contributed by atoms with van der Waals surface area (Å²) in [5.74, 6) is 0.652. The first-order chi connectivity index (χ1) is 18.7. The highest BCUT2D eigenvalue weighted by Crippen LogP contribution is 2.69. The molecule has 0 bridgehead atoms. The predicted octanol–water partition coefficient (Wildman–Crippen LogP) is 4.83. The van der Waals surface area contributed by atoms with Crippen LogP contribution in [0, 0.1) is 17.3 Å². The third-order valence-electron chi connectivity index (χ3n) is 10.8. The van der Waals surface area contributed by atoms with Crippen molar-refractivity contribution in [1.82, 2.24) is 20.0 Å². The van der Waals surface area contributed by atoms with E-state index in [1.165, 1.54) is 18.4 Å². The quantitative estimate of drug-likeness (QED) is 0.491. The van der Waals surface area contributed by atoms with E-state index in [4.69, 9.17) is 4.74 Å². The summed E-state index contributed by atoms with van der Waals surface area (Å²) < 4.78 is 5.58. The number of carbonyl (C=O) groups excluding carboxylic acids is 2. The summed E-state index contributed by atoms with van der Waals surface area (Å²) >= 11 is 0. The van der Waals surface area contributed by atoms with Crippen molar-refractivity contribution in [3.8, 4) is 0 Å². The first kappa shape index (κ1) is 27.1. The molecular weight excluding hydrogens is 488 g/mol. The molecule has 3 saturated heterocycles. The smallest absolute Gasteiger partial charge is 0.320 e. The molecule has 5 fully saturated rings. The van der Waals surface area contributed by atoms with Crippen molar-refractivity contribution in [3.63, 3.8) is 0 Å². The van der Waals surface area contributed by atoms with Gasteiger partial charge in [0.2, 0.25) is 5.91 Å². The maximum Gasteiger partial charge on any atom is 0.320 e. The Balaban J connectivity index is 1.17.